The van der Waals surface area contributed by atoms with Crippen LogP contribution in [-0.4, -0.2) is 25.8 Å². The lowest BCUT2D eigenvalue weighted by Gasteiger charge is -2.20. The summed E-state index contributed by atoms with van der Waals surface area (Å²) in [6, 6.07) is 16.0. The van der Waals surface area contributed by atoms with E-state index in [1.165, 1.54) is 12.7 Å². The van der Waals surface area contributed by atoms with Crippen LogP contribution in [0.25, 0.3) is 5.57 Å². The SMILES string of the molecule is C=C(C)c1ccc(CCOc2ccc(OC(C)C(C)CC(=O)OC)cc2)cc1. The molecule has 0 radical (unpaired) electrons. The molecule has 0 spiro atoms. The number of allylic oxidation sites excluding steroid dienone is 1. The van der Waals surface area contributed by atoms with Crippen molar-refractivity contribution in [3.05, 3.63) is 66.2 Å². The van der Waals surface area contributed by atoms with Crippen LogP contribution in [0.4, 0.5) is 0 Å². The molecule has 0 saturated carbocycles. The van der Waals surface area contributed by atoms with Crippen LogP contribution in [0.3, 0.4) is 0 Å². The van der Waals surface area contributed by atoms with Crippen LogP contribution in [-0.2, 0) is 16.0 Å². The molecule has 4 heteroatoms. The summed E-state index contributed by atoms with van der Waals surface area (Å²) < 4.78 is 16.4. The van der Waals surface area contributed by atoms with Crippen molar-refractivity contribution >= 4 is 11.5 Å². The highest BCUT2D eigenvalue weighted by molar-refractivity contribution is 5.69. The van der Waals surface area contributed by atoms with Crippen LogP contribution in [0, 0.1) is 5.92 Å². The van der Waals surface area contributed by atoms with E-state index in [1.54, 1.807) is 0 Å². The molecule has 4 nitrogen and oxygen atoms in total. The van der Waals surface area contributed by atoms with Crippen molar-refractivity contribution in [2.75, 3.05) is 13.7 Å². The van der Waals surface area contributed by atoms with Gasteiger partial charge in [0, 0.05) is 12.3 Å². The number of esters is 1. The number of hydrogen-bond donors (Lipinski definition) is 0. The van der Waals surface area contributed by atoms with Gasteiger partial charge in [-0.05, 0) is 49.2 Å². The molecule has 0 heterocycles. The largest absolute Gasteiger partial charge is 0.493 e. The molecular formula is C24H30O4. The van der Waals surface area contributed by atoms with Crippen molar-refractivity contribution in [2.45, 2.75) is 39.7 Å². The molecule has 2 aromatic rings. The number of rotatable bonds is 10. The Hall–Kier alpha value is -2.75. The van der Waals surface area contributed by atoms with Gasteiger partial charge >= 0.3 is 5.97 Å². The molecule has 0 N–H and O–H groups in total. The Morgan fingerprint density at radius 1 is 1.00 bits per heavy atom. The quantitative estimate of drug-likeness (QED) is 0.523. The second-order valence-corrected chi connectivity index (χ2v) is 7.13. The highest BCUT2D eigenvalue weighted by Gasteiger charge is 2.18. The Morgan fingerprint density at radius 2 is 1.61 bits per heavy atom. The fraction of sp³-hybridized carbons (Fsp3) is 0.375. The summed E-state index contributed by atoms with van der Waals surface area (Å²) in [4.78, 5) is 11.4. The average Bonchev–Trinajstić information content (AvgIpc) is 2.69. The molecule has 0 bridgehead atoms. The minimum absolute atomic E-state index is 0.0691. The normalized spacial score (nSPS) is 12.7. The van der Waals surface area contributed by atoms with Gasteiger partial charge in [0.2, 0.25) is 0 Å². The third-order valence-corrected chi connectivity index (χ3v) is 4.77. The van der Waals surface area contributed by atoms with Crippen LogP contribution in [0.5, 0.6) is 11.5 Å². The molecule has 0 aliphatic carbocycles. The Bertz CT molecular complexity index is 762. The van der Waals surface area contributed by atoms with Gasteiger partial charge in [-0.2, -0.15) is 0 Å². The summed E-state index contributed by atoms with van der Waals surface area (Å²) in [5.41, 5.74) is 3.47. The third kappa shape index (κ3) is 6.76. The van der Waals surface area contributed by atoms with Gasteiger partial charge in [0.05, 0.1) is 26.2 Å². The smallest absolute Gasteiger partial charge is 0.305 e. The van der Waals surface area contributed by atoms with Gasteiger partial charge in [-0.1, -0.05) is 43.3 Å². The van der Waals surface area contributed by atoms with E-state index in [1.807, 2.05) is 45.0 Å². The zero-order valence-corrected chi connectivity index (χ0v) is 17.2. The maximum atomic E-state index is 11.4. The van der Waals surface area contributed by atoms with Crippen LogP contribution in [0.1, 0.15) is 38.3 Å². The number of benzene rings is 2. The van der Waals surface area contributed by atoms with Crippen molar-refractivity contribution in [3.63, 3.8) is 0 Å². The molecule has 0 saturated heterocycles. The second kappa shape index (κ2) is 10.5. The first kappa shape index (κ1) is 21.5. The first-order valence-electron chi connectivity index (χ1n) is 9.60. The van der Waals surface area contributed by atoms with Crippen molar-refractivity contribution in [1.82, 2.24) is 0 Å². The van der Waals surface area contributed by atoms with Crippen LogP contribution >= 0.6 is 0 Å². The minimum atomic E-state index is -0.221. The van der Waals surface area contributed by atoms with E-state index in [9.17, 15) is 4.79 Å². The lowest BCUT2D eigenvalue weighted by Crippen LogP contribution is -2.24. The van der Waals surface area contributed by atoms with Gasteiger partial charge in [-0.25, -0.2) is 0 Å². The molecule has 2 atom stereocenters. The van der Waals surface area contributed by atoms with E-state index in [4.69, 9.17) is 14.2 Å². The summed E-state index contributed by atoms with van der Waals surface area (Å²) >= 11 is 0. The molecule has 0 aliphatic heterocycles. The zero-order chi connectivity index (χ0) is 20.5. The number of methoxy groups -OCH3 is 1. The molecule has 0 aliphatic rings. The van der Waals surface area contributed by atoms with Gasteiger partial charge in [0.15, 0.2) is 0 Å². The molecule has 28 heavy (non-hydrogen) atoms. The van der Waals surface area contributed by atoms with Gasteiger partial charge in [0.25, 0.3) is 0 Å². The zero-order valence-electron chi connectivity index (χ0n) is 17.2. The van der Waals surface area contributed by atoms with E-state index < -0.39 is 0 Å². The second-order valence-electron chi connectivity index (χ2n) is 7.13. The predicted molar refractivity (Wildman–Crippen MR) is 113 cm³/mol. The number of carbonyl (C=O) groups excluding carboxylic acids is 1. The van der Waals surface area contributed by atoms with Crippen molar-refractivity contribution in [3.8, 4) is 11.5 Å². The number of hydrogen-bond acceptors (Lipinski definition) is 4. The maximum absolute atomic E-state index is 11.4. The fourth-order valence-corrected chi connectivity index (χ4v) is 2.70. The number of carbonyl (C=O) groups is 1. The van der Waals surface area contributed by atoms with Gasteiger partial charge in [-0.15, -0.1) is 0 Å². The average molecular weight is 383 g/mol. The monoisotopic (exact) mass is 382 g/mol. The molecule has 0 aromatic heterocycles. The van der Waals surface area contributed by atoms with E-state index in [-0.39, 0.29) is 18.0 Å². The lowest BCUT2D eigenvalue weighted by molar-refractivity contribution is -0.142. The van der Waals surface area contributed by atoms with Crippen molar-refractivity contribution in [1.29, 1.82) is 0 Å². The van der Waals surface area contributed by atoms with Gasteiger partial charge in [-0.3, -0.25) is 4.79 Å². The molecule has 150 valence electrons. The topological polar surface area (TPSA) is 44.8 Å². The maximum Gasteiger partial charge on any atom is 0.305 e. The number of ether oxygens (including phenoxy) is 3. The van der Waals surface area contributed by atoms with Crippen molar-refractivity contribution in [2.24, 2.45) is 5.92 Å². The van der Waals surface area contributed by atoms with E-state index in [0.717, 1.165) is 29.1 Å². The molecular weight excluding hydrogens is 352 g/mol. The Balaban J connectivity index is 1.79. The molecule has 0 fully saturated rings. The van der Waals surface area contributed by atoms with Crippen LogP contribution in [0.15, 0.2) is 55.1 Å². The van der Waals surface area contributed by atoms with Crippen LogP contribution in [0.2, 0.25) is 0 Å². The molecule has 2 aromatic carbocycles. The van der Waals surface area contributed by atoms with E-state index in [0.29, 0.717) is 13.0 Å². The Morgan fingerprint density at radius 3 is 2.18 bits per heavy atom. The highest BCUT2D eigenvalue weighted by atomic mass is 16.5. The van der Waals surface area contributed by atoms with E-state index >= 15 is 0 Å². The molecule has 0 amide bonds. The highest BCUT2D eigenvalue weighted by Crippen LogP contribution is 2.22. The van der Waals surface area contributed by atoms with Gasteiger partial charge < -0.3 is 14.2 Å². The first-order valence-corrected chi connectivity index (χ1v) is 9.60. The van der Waals surface area contributed by atoms with Crippen molar-refractivity contribution < 1.29 is 19.0 Å². The fourth-order valence-electron chi connectivity index (χ4n) is 2.70. The molecule has 2 rings (SSSR count). The molecule has 2 unspecified atom stereocenters. The predicted octanol–water partition coefficient (Wildman–Crippen LogP) is 5.31. The Labute approximate surface area is 168 Å². The van der Waals surface area contributed by atoms with Crippen LogP contribution < -0.4 is 9.47 Å². The summed E-state index contributed by atoms with van der Waals surface area (Å²) in [6.45, 7) is 10.5. The third-order valence-electron chi connectivity index (χ3n) is 4.77. The van der Waals surface area contributed by atoms with E-state index in [2.05, 4.69) is 30.8 Å². The summed E-state index contributed by atoms with van der Waals surface area (Å²) in [5, 5.41) is 0. The lowest BCUT2D eigenvalue weighted by atomic mass is 10.0. The summed E-state index contributed by atoms with van der Waals surface area (Å²) in [5.74, 6) is 1.41. The summed E-state index contributed by atoms with van der Waals surface area (Å²) in [6.07, 6.45) is 1.09. The standard InChI is InChI=1S/C24H30O4/c1-17(2)21-8-6-20(7-9-21)14-15-27-22-10-12-23(13-11-22)28-19(4)18(3)16-24(25)26-5/h6-13,18-19H,1,14-16H2,2-5H3. The minimum Gasteiger partial charge on any atom is -0.493 e. The van der Waals surface area contributed by atoms with Gasteiger partial charge in [0.1, 0.15) is 11.5 Å². The summed E-state index contributed by atoms with van der Waals surface area (Å²) in [7, 11) is 1.40. The Kier molecular flexibility index (Phi) is 8.12. The first-order chi connectivity index (χ1) is 13.4.